The second kappa shape index (κ2) is 8.60. The van der Waals surface area contributed by atoms with Gasteiger partial charge < -0.3 is 14.5 Å². The van der Waals surface area contributed by atoms with Crippen molar-refractivity contribution in [3.8, 4) is 11.1 Å². The van der Waals surface area contributed by atoms with Gasteiger partial charge in [0, 0.05) is 33.8 Å². The Morgan fingerprint density at radius 2 is 1.83 bits per heavy atom. The fraction of sp³-hybridized carbons (Fsp3) is 0.440. The molecule has 5 heteroatoms. The van der Waals surface area contributed by atoms with Crippen LogP contribution >= 0.6 is 0 Å². The van der Waals surface area contributed by atoms with Crippen molar-refractivity contribution >= 4 is 11.8 Å². The van der Waals surface area contributed by atoms with Gasteiger partial charge in [-0.25, -0.2) is 0 Å². The molecule has 5 nitrogen and oxygen atoms in total. The molecule has 0 saturated carbocycles. The molecule has 2 aliphatic heterocycles. The van der Waals surface area contributed by atoms with Gasteiger partial charge in [-0.3, -0.25) is 9.59 Å². The van der Waals surface area contributed by atoms with Gasteiger partial charge in [0.2, 0.25) is 5.91 Å². The normalized spacial score (nSPS) is 23.5. The van der Waals surface area contributed by atoms with Gasteiger partial charge in [0.25, 0.3) is 5.91 Å². The zero-order chi connectivity index (χ0) is 21.1. The van der Waals surface area contributed by atoms with Crippen LogP contribution in [0.2, 0.25) is 0 Å². The van der Waals surface area contributed by atoms with Crippen LogP contribution in [-0.4, -0.2) is 61.5 Å². The van der Waals surface area contributed by atoms with Gasteiger partial charge in [0.15, 0.2) is 0 Å². The van der Waals surface area contributed by atoms with Crippen LogP contribution in [-0.2, 0) is 20.7 Å². The van der Waals surface area contributed by atoms with Crippen molar-refractivity contribution in [3.05, 3.63) is 60.2 Å². The molecular weight excluding hydrogens is 376 g/mol. The molecule has 30 heavy (non-hydrogen) atoms. The number of benzene rings is 2. The lowest BCUT2D eigenvalue weighted by Crippen LogP contribution is -2.46. The third kappa shape index (κ3) is 3.99. The molecule has 0 spiro atoms. The fourth-order valence-electron chi connectivity index (χ4n) is 4.84. The van der Waals surface area contributed by atoms with Crippen LogP contribution < -0.4 is 0 Å². The molecule has 2 amide bonds. The van der Waals surface area contributed by atoms with Crippen molar-refractivity contribution in [2.45, 2.75) is 31.8 Å². The summed E-state index contributed by atoms with van der Waals surface area (Å²) in [6.07, 6.45) is 2.65. The highest BCUT2D eigenvalue weighted by Gasteiger charge is 2.48. The maximum absolute atomic E-state index is 13.4. The molecular formula is C25H30N2O3. The van der Waals surface area contributed by atoms with Crippen LogP contribution in [0.25, 0.3) is 11.1 Å². The maximum atomic E-state index is 13.4. The van der Waals surface area contributed by atoms with Gasteiger partial charge in [-0.2, -0.15) is 0 Å². The van der Waals surface area contributed by atoms with Gasteiger partial charge in [-0.15, -0.1) is 0 Å². The van der Waals surface area contributed by atoms with Gasteiger partial charge in [0.1, 0.15) is 6.10 Å². The lowest BCUT2D eigenvalue weighted by Gasteiger charge is -2.32. The Balaban J connectivity index is 1.64. The Morgan fingerprint density at radius 1 is 1.10 bits per heavy atom. The third-order valence-electron chi connectivity index (χ3n) is 6.36. The van der Waals surface area contributed by atoms with E-state index in [1.54, 1.807) is 19.0 Å². The molecule has 0 N–H and O–H groups in total. The zero-order valence-electron chi connectivity index (χ0n) is 17.8. The van der Waals surface area contributed by atoms with E-state index < -0.39 is 5.41 Å². The first kappa shape index (κ1) is 20.6. The maximum Gasteiger partial charge on any atom is 0.251 e. The highest BCUT2D eigenvalue weighted by atomic mass is 16.5. The Bertz CT molecular complexity index is 906. The molecule has 2 fully saturated rings. The van der Waals surface area contributed by atoms with Gasteiger partial charge in [0.05, 0.1) is 5.41 Å². The fourth-order valence-corrected chi connectivity index (χ4v) is 4.84. The van der Waals surface area contributed by atoms with E-state index in [2.05, 4.69) is 24.3 Å². The average Bonchev–Trinajstić information content (AvgIpc) is 3.45. The summed E-state index contributed by atoms with van der Waals surface area (Å²) in [6, 6.07) is 18.6. The lowest BCUT2D eigenvalue weighted by molar-refractivity contribution is -0.142. The third-order valence-corrected chi connectivity index (χ3v) is 6.36. The van der Waals surface area contributed by atoms with E-state index in [4.69, 9.17) is 4.74 Å². The molecule has 2 atom stereocenters. The SMILES string of the molecule is CN(C)C(=O)[C@@]1(Cc2ccccc2-c2ccccc2)CCN(C(=O)[C@H]2CCCO2)C1. The Kier molecular flexibility index (Phi) is 5.91. The first-order valence-corrected chi connectivity index (χ1v) is 10.8. The second-order valence-electron chi connectivity index (χ2n) is 8.69. The molecule has 0 aliphatic carbocycles. The van der Waals surface area contributed by atoms with Crippen molar-refractivity contribution in [1.29, 1.82) is 0 Å². The second-order valence-corrected chi connectivity index (χ2v) is 8.69. The molecule has 0 radical (unpaired) electrons. The largest absolute Gasteiger partial charge is 0.368 e. The van der Waals surface area contributed by atoms with E-state index >= 15 is 0 Å². The van der Waals surface area contributed by atoms with Crippen molar-refractivity contribution in [1.82, 2.24) is 9.80 Å². The molecule has 2 heterocycles. The summed E-state index contributed by atoms with van der Waals surface area (Å²) >= 11 is 0. The molecule has 2 saturated heterocycles. The summed E-state index contributed by atoms with van der Waals surface area (Å²) in [7, 11) is 3.61. The van der Waals surface area contributed by atoms with Crippen LogP contribution in [0, 0.1) is 5.41 Å². The van der Waals surface area contributed by atoms with Gasteiger partial charge in [-0.05, 0) is 42.4 Å². The van der Waals surface area contributed by atoms with E-state index in [1.807, 2.05) is 35.2 Å². The molecule has 2 aromatic carbocycles. The Hall–Kier alpha value is -2.66. The molecule has 2 aliphatic rings. The standard InChI is InChI=1S/C25H30N2O3/c1-26(2)24(29)25(14-15-27(18-25)23(28)22-13-8-16-30-22)17-20-11-6-7-12-21(20)19-9-4-3-5-10-19/h3-7,9-12,22H,8,13-18H2,1-2H3/t22-,25-/m1/s1. The highest BCUT2D eigenvalue weighted by molar-refractivity contribution is 5.87. The van der Waals surface area contributed by atoms with E-state index in [0.29, 0.717) is 32.5 Å². The van der Waals surface area contributed by atoms with E-state index in [9.17, 15) is 9.59 Å². The number of likely N-dealkylation sites (tertiary alicyclic amines) is 1. The molecule has 2 aromatic rings. The van der Waals surface area contributed by atoms with E-state index in [1.165, 1.54) is 0 Å². The smallest absolute Gasteiger partial charge is 0.251 e. The predicted octanol–water partition coefficient (Wildman–Crippen LogP) is 3.38. The molecule has 0 aromatic heterocycles. The van der Waals surface area contributed by atoms with Crippen molar-refractivity contribution in [3.63, 3.8) is 0 Å². The van der Waals surface area contributed by atoms with Crippen LogP contribution in [0.4, 0.5) is 0 Å². The van der Waals surface area contributed by atoms with Gasteiger partial charge >= 0.3 is 0 Å². The summed E-state index contributed by atoms with van der Waals surface area (Å²) < 4.78 is 5.61. The average molecular weight is 407 g/mol. The molecule has 0 unspecified atom stereocenters. The predicted molar refractivity (Wildman–Crippen MR) is 117 cm³/mol. The van der Waals surface area contributed by atoms with Crippen LogP contribution in [0.1, 0.15) is 24.8 Å². The number of carbonyl (C=O) groups is 2. The summed E-state index contributed by atoms with van der Waals surface area (Å²) in [5, 5.41) is 0. The highest BCUT2D eigenvalue weighted by Crippen LogP contribution is 2.39. The summed E-state index contributed by atoms with van der Waals surface area (Å²) in [5.41, 5.74) is 2.83. The Morgan fingerprint density at radius 3 is 2.53 bits per heavy atom. The molecule has 158 valence electrons. The van der Waals surface area contributed by atoms with Crippen molar-refractivity contribution in [2.24, 2.45) is 5.41 Å². The summed E-state index contributed by atoms with van der Waals surface area (Å²) in [5.74, 6) is 0.130. The monoisotopic (exact) mass is 406 g/mol. The minimum Gasteiger partial charge on any atom is -0.368 e. The topological polar surface area (TPSA) is 49.9 Å². The van der Waals surface area contributed by atoms with Crippen LogP contribution in [0.3, 0.4) is 0 Å². The van der Waals surface area contributed by atoms with Crippen molar-refractivity contribution in [2.75, 3.05) is 33.8 Å². The summed E-state index contributed by atoms with van der Waals surface area (Å²) in [6.45, 7) is 1.70. The number of hydrogen-bond donors (Lipinski definition) is 0. The minimum atomic E-state index is -0.608. The molecule has 4 rings (SSSR count). The number of carbonyl (C=O) groups excluding carboxylic acids is 2. The lowest BCUT2D eigenvalue weighted by atomic mass is 9.77. The first-order valence-electron chi connectivity index (χ1n) is 10.8. The Labute approximate surface area is 178 Å². The number of nitrogens with zero attached hydrogens (tertiary/aromatic N) is 2. The van der Waals surface area contributed by atoms with E-state index in [-0.39, 0.29) is 17.9 Å². The quantitative estimate of drug-likeness (QED) is 0.765. The van der Waals surface area contributed by atoms with Crippen molar-refractivity contribution < 1.29 is 14.3 Å². The van der Waals surface area contributed by atoms with Crippen LogP contribution in [0.5, 0.6) is 0 Å². The number of ether oxygens (including phenoxy) is 1. The summed E-state index contributed by atoms with van der Waals surface area (Å²) in [4.78, 5) is 29.8. The number of amides is 2. The van der Waals surface area contributed by atoms with Gasteiger partial charge in [-0.1, -0.05) is 54.6 Å². The first-order chi connectivity index (χ1) is 14.5. The van der Waals surface area contributed by atoms with E-state index in [0.717, 1.165) is 29.5 Å². The number of hydrogen-bond acceptors (Lipinski definition) is 3. The number of rotatable bonds is 5. The van der Waals surface area contributed by atoms with Crippen LogP contribution in [0.15, 0.2) is 54.6 Å². The molecule has 0 bridgehead atoms. The zero-order valence-corrected chi connectivity index (χ0v) is 17.8. The minimum absolute atomic E-state index is 0.0391.